The summed E-state index contributed by atoms with van der Waals surface area (Å²) in [6, 6.07) is 7.98. The highest BCUT2D eigenvalue weighted by Crippen LogP contribution is 2.37. The zero-order chi connectivity index (χ0) is 14.2. The van der Waals surface area contributed by atoms with Crippen LogP contribution in [0.25, 0.3) is 0 Å². The van der Waals surface area contributed by atoms with Crippen LogP contribution in [0.4, 0.5) is 0 Å². The molecule has 5 heteroatoms. The number of nitrogens with two attached hydrogens (primary N) is 1. The summed E-state index contributed by atoms with van der Waals surface area (Å²) in [6.07, 6.45) is 1.60. The number of nitrogens with zero attached hydrogens (tertiary/aromatic N) is 2. The minimum absolute atomic E-state index is 0.0915. The van der Waals surface area contributed by atoms with Crippen LogP contribution in [0, 0.1) is 0 Å². The molecule has 2 aromatic rings. The summed E-state index contributed by atoms with van der Waals surface area (Å²) >= 11 is 0. The lowest BCUT2D eigenvalue weighted by atomic mass is 9.93. The predicted molar refractivity (Wildman–Crippen MR) is 74.5 cm³/mol. The highest BCUT2D eigenvalue weighted by molar-refractivity contribution is 5.40. The second-order valence-corrected chi connectivity index (χ2v) is 5.45. The third-order valence-electron chi connectivity index (χ3n) is 3.94. The van der Waals surface area contributed by atoms with Crippen molar-refractivity contribution >= 4 is 0 Å². The van der Waals surface area contributed by atoms with Crippen LogP contribution in [0.15, 0.2) is 28.8 Å². The van der Waals surface area contributed by atoms with Crippen LogP contribution in [0.3, 0.4) is 0 Å². The van der Waals surface area contributed by atoms with Gasteiger partial charge in [-0.25, -0.2) is 0 Å². The van der Waals surface area contributed by atoms with Crippen molar-refractivity contribution in [2.45, 2.75) is 38.1 Å². The van der Waals surface area contributed by atoms with Gasteiger partial charge in [0.2, 0.25) is 5.89 Å². The lowest BCUT2D eigenvalue weighted by Gasteiger charge is -2.23. The number of fused-ring (bicyclic) bond motifs is 1. The lowest BCUT2D eigenvalue weighted by molar-refractivity contribution is 0.256. The van der Waals surface area contributed by atoms with Gasteiger partial charge in [-0.15, -0.1) is 0 Å². The second-order valence-electron chi connectivity index (χ2n) is 5.45. The summed E-state index contributed by atoms with van der Waals surface area (Å²) < 4.78 is 11.1. The van der Waals surface area contributed by atoms with E-state index in [2.05, 4.69) is 10.1 Å². The number of para-hydroxylation sites is 1. The first-order valence-electron chi connectivity index (χ1n) is 6.96. The van der Waals surface area contributed by atoms with Crippen LogP contribution >= 0.6 is 0 Å². The van der Waals surface area contributed by atoms with Crippen LogP contribution in [0.1, 0.15) is 49.9 Å². The van der Waals surface area contributed by atoms with Gasteiger partial charge in [0.1, 0.15) is 5.75 Å². The van der Waals surface area contributed by atoms with Crippen molar-refractivity contribution in [3.05, 3.63) is 41.5 Å². The van der Waals surface area contributed by atoms with E-state index in [0.29, 0.717) is 18.3 Å². The molecule has 1 aromatic carbocycles. The van der Waals surface area contributed by atoms with Gasteiger partial charge >= 0.3 is 0 Å². The molecule has 106 valence electrons. The fourth-order valence-corrected chi connectivity index (χ4v) is 2.37. The minimum atomic E-state index is -0.549. The van der Waals surface area contributed by atoms with Crippen LogP contribution in [-0.4, -0.2) is 16.7 Å². The Morgan fingerprint density at radius 3 is 3.00 bits per heavy atom. The van der Waals surface area contributed by atoms with E-state index in [1.54, 1.807) is 0 Å². The zero-order valence-electron chi connectivity index (χ0n) is 11.8. The van der Waals surface area contributed by atoms with Crippen LogP contribution in [0.5, 0.6) is 5.75 Å². The molecule has 2 atom stereocenters. The van der Waals surface area contributed by atoms with Gasteiger partial charge in [-0.05, 0) is 25.8 Å². The molecule has 1 aromatic heterocycles. The summed E-state index contributed by atoms with van der Waals surface area (Å²) in [6.45, 7) is 4.59. The SMILES string of the molecule is CCC(C)(N)c1noc(C2CCOc3ccccc32)n1. The monoisotopic (exact) mass is 273 g/mol. The van der Waals surface area contributed by atoms with Crippen molar-refractivity contribution in [2.75, 3.05) is 6.61 Å². The summed E-state index contributed by atoms with van der Waals surface area (Å²) in [5, 5.41) is 4.05. The van der Waals surface area contributed by atoms with Crippen LogP contribution in [-0.2, 0) is 5.54 Å². The Morgan fingerprint density at radius 1 is 1.40 bits per heavy atom. The van der Waals surface area contributed by atoms with E-state index < -0.39 is 5.54 Å². The van der Waals surface area contributed by atoms with Gasteiger partial charge in [0, 0.05) is 5.56 Å². The Balaban J connectivity index is 1.95. The van der Waals surface area contributed by atoms with Crippen molar-refractivity contribution in [2.24, 2.45) is 5.73 Å². The topological polar surface area (TPSA) is 74.2 Å². The molecule has 0 amide bonds. The standard InChI is InChI=1S/C15H19N3O2/c1-3-15(2,16)14-17-13(20-18-14)11-8-9-19-12-7-5-4-6-10(11)12/h4-7,11H,3,8-9,16H2,1-2H3. The van der Waals surface area contributed by atoms with Crippen molar-refractivity contribution in [1.29, 1.82) is 0 Å². The summed E-state index contributed by atoms with van der Waals surface area (Å²) in [7, 11) is 0. The molecule has 0 bridgehead atoms. The van der Waals surface area contributed by atoms with Crippen molar-refractivity contribution < 1.29 is 9.26 Å². The lowest BCUT2D eigenvalue weighted by Crippen LogP contribution is -2.33. The molecule has 0 aliphatic carbocycles. The second kappa shape index (κ2) is 4.90. The quantitative estimate of drug-likeness (QED) is 0.930. The number of benzene rings is 1. The predicted octanol–water partition coefficient (Wildman–Crippen LogP) is 2.57. The van der Waals surface area contributed by atoms with E-state index in [1.165, 1.54) is 0 Å². The van der Waals surface area contributed by atoms with E-state index in [1.807, 2.05) is 38.1 Å². The van der Waals surface area contributed by atoms with Crippen LogP contribution < -0.4 is 10.5 Å². The Labute approximate surface area is 118 Å². The highest BCUT2D eigenvalue weighted by Gasteiger charge is 2.31. The molecule has 1 aliphatic rings. The molecule has 2 unspecified atom stereocenters. The van der Waals surface area contributed by atoms with Crippen molar-refractivity contribution in [3.63, 3.8) is 0 Å². The Hall–Kier alpha value is -1.88. The Bertz CT molecular complexity index is 607. The molecule has 0 spiro atoms. The molecule has 0 fully saturated rings. The maximum absolute atomic E-state index is 6.17. The Morgan fingerprint density at radius 2 is 2.20 bits per heavy atom. The third kappa shape index (κ3) is 2.18. The van der Waals surface area contributed by atoms with Gasteiger partial charge in [-0.3, -0.25) is 0 Å². The molecule has 1 aliphatic heterocycles. The Kier molecular flexibility index (Phi) is 3.22. The zero-order valence-corrected chi connectivity index (χ0v) is 11.8. The minimum Gasteiger partial charge on any atom is -0.493 e. The van der Waals surface area contributed by atoms with Gasteiger partial charge in [-0.2, -0.15) is 4.98 Å². The van der Waals surface area contributed by atoms with Crippen molar-refractivity contribution in [3.8, 4) is 5.75 Å². The van der Waals surface area contributed by atoms with E-state index in [-0.39, 0.29) is 5.92 Å². The average molecular weight is 273 g/mol. The summed E-state index contributed by atoms with van der Waals surface area (Å²) in [4.78, 5) is 4.52. The fourth-order valence-electron chi connectivity index (χ4n) is 2.37. The molecule has 0 saturated carbocycles. The molecule has 0 radical (unpaired) electrons. The fraction of sp³-hybridized carbons (Fsp3) is 0.467. The molecule has 3 rings (SSSR count). The number of hydrogen-bond acceptors (Lipinski definition) is 5. The highest BCUT2D eigenvalue weighted by atomic mass is 16.5. The largest absolute Gasteiger partial charge is 0.493 e. The number of aromatic nitrogens is 2. The number of ether oxygens (including phenoxy) is 1. The van der Waals surface area contributed by atoms with Crippen LogP contribution in [0.2, 0.25) is 0 Å². The maximum Gasteiger partial charge on any atom is 0.234 e. The van der Waals surface area contributed by atoms with E-state index in [4.69, 9.17) is 15.0 Å². The van der Waals surface area contributed by atoms with Gasteiger partial charge in [-0.1, -0.05) is 30.3 Å². The van der Waals surface area contributed by atoms with E-state index >= 15 is 0 Å². The summed E-state index contributed by atoms with van der Waals surface area (Å²) in [5.74, 6) is 2.18. The smallest absolute Gasteiger partial charge is 0.234 e. The molecule has 2 N–H and O–H groups in total. The molecule has 2 heterocycles. The molecular weight excluding hydrogens is 254 g/mol. The molecule has 0 saturated heterocycles. The van der Waals surface area contributed by atoms with Gasteiger partial charge in [0.15, 0.2) is 5.82 Å². The van der Waals surface area contributed by atoms with Gasteiger partial charge in [0.25, 0.3) is 0 Å². The van der Waals surface area contributed by atoms with Gasteiger partial charge in [0.05, 0.1) is 18.1 Å². The summed E-state index contributed by atoms with van der Waals surface area (Å²) in [5.41, 5.74) is 6.72. The first-order valence-corrected chi connectivity index (χ1v) is 6.96. The molecule has 20 heavy (non-hydrogen) atoms. The van der Waals surface area contributed by atoms with Gasteiger partial charge < -0.3 is 15.0 Å². The first-order chi connectivity index (χ1) is 9.62. The van der Waals surface area contributed by atoms with Crippen molar-refractivity contribution in [1.82, 2.24) is 10.1 Å². The maximum atomic E-state index is 6.17. The van der Waals surface area contributed by atoms with E-state index in [9.17, 15) is 0 Å². The number of rotatable bonds is 3. The first kappa shape index (κ1) is 13.1. The molecular formula is C15H19N3O2. The molecule has 5 nitrogen and oxygen atoms in total. The van der Waals surface area contributed by atoms with E-state index in [0.717, 1.165) is 24.2 Å². The third-order valence-corrected chi connectivity index (χ3v) is 3.94. The average Bonchev–Trinajstić information content (AvgIpc) is 2.97. The number of hydrogen-bond donors (Lipinski definition) is 1. The normalized spacial score (nSPS) is 20.9.